The lowest BCUT2D eigenvalue weighted by molar-refractivity contribution is -0.116. The number of methoxy groups -OCH3 is 1. The van der Waals surface area contributed by atoms with Gasteiger partial charge in [-0.15, -0.1) is 10.2 Å². The van der Waals surface area contributed by atoms with Crippen molar-refractivity contribution in [3.8, 4) is 17.1 Å². The standard InChI is InChI=1S/C22H23N5O2S2/c1-4-26(21-23-16-11-7-9-13-18(16)31-21)19(28)14-30-22-25-24-20(27(22)5-2)15-10-6-8-12-17(15)29-3/h6-13H,4-5,14H2,1-3H3. The number of rotatable bonds is 8. The fraction of sp³-hybridized carbons (Fsp3) is 0.273. The molecule has 0 saturated heterocycles. The summed E-state index contributed by atoms with van der Waals surface area (Å²) in [7, 11) is 1.64. The second kappa shape index (κ2) is 9.49. The summed E-state index contributed by atoms with van der Waals surface area (Å²) < 4.78 is 8.55. The van der Waals surface area contributed by atoms with E-state index in [1.165, 1.54) is 23.1 Å². The monoisotopic (exact) mass is 453 g/mol. The lowest BCUT2D eigenvalue weighted by Gasteiger charge is -2.17. The molecule has 2 aromatic carbocycles. The topological polar surface area (TPSA) is 73.1 Å². The number of thiazole rings is 1. The molecule has 0 radical (unpaired) electrons. The van der Waals surface area contributed by atoms with Crippen molar-refractivity contribution in [2.75, 3.05) is 24.3 Å². The molecule has 0 aliphatic carbocycles. The number of hydrogen-bond acceptors (Lipinski definition) is 7. The summed E-state index contributed by atoms with van der Waals surface area (Å²) in [5.74, 6) is 1.73. The zero-order valence-electron chi connectivity index (χ0n) is 17.6. The molecule has 4 rings (SSSR count). The van der Waals surface area contributed by atoms with E-state index in [9.17, 15) is 4.79 Å². The van der Waals surface area contributed by atoms with Crippen LogP contribution >= 0.6 is 23.1 Å². The Morgan fingerprint density at radius 2 is 1.90 bits per heavy atom. The maximum absolute atomic E-state index is 13.0. The third-order valence-corrected chi connectivity index (χ3v) is 6.85. The Morgan fingerprint density at radius 1 is 1.13 bits per heavy atom. The van der Waals surface area contributed by atoms with E-state index in [1.807, 2.05) is 66.9 Å². The molecule has 9 heteroatoms. The highest BCUT2D eigenvalue weighted by atomic mass is 32.2. The van der Waals surface area contributed by atoms with Gasteiger partial charge in [0, 0.05) is 13.1 Å². The number of aromatic nitrogens is 4. The normalized spacial score (nSPS) is 11.1. The van der Waals surface area contributed by atoms with Crippen molar-refractivity contribution in [1.29, 1.82) is 0 Å². The summed E-state index contributed by atoms with van der Waals surface area (Å²) in [5, 5.41) is 10.1. The second-order valence-electron chi connectivity index (χ2n) is 6.64. The summed E-state index contributed by atoms with van der Waals surface area (Å²) in [6, 6.07) is 15.6. The molecule has 0 atom stereocenters. The molecule has 0 unspecified atom stereocenters. The largest absolute Gasteiger partial charge is 0.496 e. The van der Waals surface area contributed by atoms with Crippen molar-refractivity contribution in [2.45, 2.75) is 25.5 Å². The molecule has 0 fully saturated rings. The molecule has 2 heterocycles. The zero-order chi connectivity index (χ0) is 21.8. The fourth-order valence-electron chi connectivity index (χ4n) is 3.31. The van der Waals surface area contributed by atoms with Gasteiger partial charge in [0.25, 0.3) is 0 Å². The van der Waals surface area contributed by atoms with E-state index < -0.39 is 0 Å². The molecule has 7 nitrogen and oxygen atoms in total. The minimum Gasteiger partial charge on any atom is -0.496 e. The van der Waals surface area contributed by atoms with E-state index in [0.717, 1.165) is 32.5 Å². The third-order valence-electron chi connectivity index (χ3n) is 4.84. The van der Waals surface area contributed by atoms with Gasteiger partial charge in [-0.3, -0.25) is 9.69 Å². The quantitative estimate of drug-likeness (QED) is 0.359. The average Bonchev–Trinajstić information content (AvgIpc) is 3.41. The Labute approximate surface area is 189 Å². The number of carbonyl (C=O) groups excluding carboxylic acids is 1. The van der Waals surface area contributed by atoms with Crippen LogP contribution in [0.1, 0.15) is 13.8 Å². The van der Waals surface area contributed by atoms with E-state index in [1.54, 1.807) is 12.0 Å². The maximum Gasteiger partial charge on any atom is 0.239 e. The van der Waals surface area contributed by atoms with Gasteiger partial charge >= 0.3 is 0 Å². The lowest BCUT2D eigenvalue weighted by atomic mass is 10.2. The predicted octanol–water partition coefficient (Wildman–Crippen LogP) is 4.73. The average molecular weight is 454 g/mol. The van der Waals surface area contributed by atoms with E-state index in [2.05, 4.69) is 15.2 Å². The number of fused-ring (bicyclic) bond motifs is 1. The predicted molar refractivity (Wildman–Crippen MR) is 126 cm³/mol. The summed E-state index contributed by atoms with van der Waals surface area (Å²) in [6.07, 6.45) is 0. The summed E-state index contributed by atoms with van der Waals surface area (Å²) in [4.78, 5) is 19.3. The van der Waals surface area contributed by atoms with Crippen LogP contribution in [0.5, 0.6) is 5.75 Å². The van der Waals surface area contributed by atoms with E-state index in [-0.39, 0.29) is 11.7 Å². The number of benzene rings is 2. The molecule has 1 amide bonds. The number of thioether (sulfide) groups is 1. The van der Waals surface area contributed by atoms with Gasteiger partial charge in [0.15, 0.2) is 16.1 Å². The number of anilines is 1. The molecule has 4 aromatic rings. The number of ether oxygens (including phenoxy) is 1. The molecule has 0 N–H and O–H groups in total. The Hall–Kier alpha value is -2.91. The molecule has 0 saturated carbocycles. The summed E-state index contributed by atoms with van der Waals surface area (Å²) in [5.41, 5.74) is 1.79. The highest BCUT2D eigenvalue weighted by molar-refractivity contribution is 7.99. The highest BCUT2D eigenvalue weighted by Crippen LogP contribution is 2.32. The minimum absolute atomic E-state index is 0.00366. The smallest absolute Gasteiger partial charge is 0.239 e. The summed E-state index contributed by atoms with van der Waals surface area (Å²) >= 11 is 2.92. The van der Waals surface area contributed by atoms with Crippen LogP contribution in [0.15, 0.2) is 53.7 Å². The number of amides is 1. The van der Waals surface area contributed by atoms with Crippen LogP contribution in [0.2, 0.25) is 0 Å². The lowest BCUT2D eigenvalue weighted by Crippen LogP contribution is -2.32. The first kappa shape index (κ1) is 21.3. The van der Waals surface area contributed by atoms with Crippen LogP contribution in [-0.4, -0.2) is 45.1 Å². The summed E-state index contributed by atoms with van der Waals surface area (Å²) in [6.45, 7) is 5.25. The number of nitrogens with zero attached hydrogens (tertiary/aromatic N) is 5. The molecule has 0 spiro atoms. The van der Waals surface area contributed by atoms with E-state index in [4.69, 9.17) is 4.74 Å². The van der Waals surface area contributed by atoms with Crippen LogP contribution in [0, 0.1) is 0 Å². The second-order valence-corrected chi connectivity index (χ2v) is 8.59. The number of carbonyl (C=O) groups is 1. The SMILES string of the molecule is CCN(C(=O)CSc1nnc(-c2ccccc2OC)n1CC)c1nc2ccccc2s1. The molecular weight excluding hydrogens is 430 g/mol. The molecule has 31 heavy (non-hydrogen) atoms. The van der Waals surface area contributed by atoms with Gasteiger partial charge in [-0.1, -0.05) is 47.4 Å². The molecule has 160 valence electrons. The first-order valence-electron chi connectivity index (χ1n) is 10.0. The van der Waals surface area contributed by atoms with Crippen LogP contribution in [0.4, 0.5) is 5.13 Å². The Bertz CT molecular complexity index is 1170. The molecule has 2 aromatic heterocycles. The zero-order valence-corrected chi connectivity index (χ0v) is 19.2. The number of hydrogen-bond donors (Lipinski definition) is 0. The maximum atomic E-state index is 13.0. The molecule has 0 bridgehead atoms. The molecular formula is C22H23N5O2S2. The highest BCUT2D eigenvalue weighted by Gasteiger charge is 2.21. The fourth-order valence-corrected chi connectivity index (χ4v) is 5.23. The van der Waals surface area contributed by atoms with Gasteiger partial charge in [-0.2, -0.15) is 0 Å². The Morgan fingerprint density at radius 3 is 2.65 bits per heavy atom. The van der Waals surface area contributed by atoms with Crippen molar-refractivity contribution in [3.05, 3.63) is 48.5 Å². The van der Waals surface area contributed by atoms with Crippen LogP contribution in [0.25, 0.3) is 21.6 Å². The van der Waals surface area contributed by atoms with Gasteiger partial charge in [-0.05, 0) is 38.1 Å². The van der Waals surface area contributed by atoms with Gasteiger partial charge < -0.3 is 9.30 Å². The van der Waals surface area contributed by atoms with Crippen molar-refractivity contribution in [2.24, 2.45) is 0 Å². The van der Waals surface area contributed by atoms with E-state index in [0.29, 0.717) is 18.2 Å². The van der Waals surface area contributed by atoms with Crippen LogP contribution < -0.4 is 9.64 Å². The van der Waals surface area contributed by atoms with Crippen molar-refractivity contribution >= 4 is 44.4 Å². The van der Waals surface area contributed by atoms with Crippen molar-refractivity contribution < 1.29 is 9.53 Å². The first-order valence-corrected chi connectivity index (χ1v) is 11.8. The first-order chi connectivity index (χ1) is 15.2. The van der Waals surface area contributed by atoms with Gasteiger partial charge in [0.2, 0.25) is 5.91 Å². The van der Waals surface area contributed by atoms with Gasteiger partial charge in [0.1, 0.15) is 5.75 Å². The Balaban J connectivity index is 1.53. The molecule has 0 aliphatic rings. The third kappa shape index (κ3) is 4.28. The van der Waals surface area contributed by atoms with Crippen molar-refractivity contribution in [1.82, 2.24) is 19.7 Å². The number of para-hydroxylation sites is 2. The van der Waals surface area contributed by atoms with Crippen molar-refractivity contribution in [3.63, 3.8) is 0 Å². The van der Waals surface area contributed by atoms with E-state index >= 15 is 0 Å². The Kier molecular flexibility index (Phi) is 6.53. The van der Waals surface area contributed by atoms with Gasteiger partial charge in [0.05, 0.1) is 28.6 Å². The van der Waals surface area contributed by atoms with Crippen LogP contribution in [-0.2, 0) is 11.3 Å². The van der Waals surface area contributed by atoms with Gasteiger partial charge in [-0.25, -0.2) is 4.98 Å². The minimum atomic E-state index is -0.00366. The molecule has 0 aliphatic heterocycles. The van der Waals surface area contributed by atoms with Crippen LogP contribution in [0.3, 0.4) is 0 Å².